The van der Waals surface area contributed by atoms with Gasteiger partial charge < -0.3 is 5.32 Å². The lowest BCUT2D eigenvalue weighted by Crippen LogP contribution is -1.99. The topological polar surface area (TPSA) is 68.1 Å². The minimum Gasteiger partial charge on any atom is -0.361 e. The summed E-state index contributed by atoms with van der Waals surface area (Å²) in [6.07, 6.45) is 2.18. The number of non-ortho nitro benzene ring substituents is 1. The number of nitrogens with zero attached hydrogens (tertiary/aromatic N) is 2. The first kappa shape index (κ1) is 11.8. The monoisotopic (exact) mass is 251 g/mol. The number of hydrogen-bond donors (Lipinski definition) is 1. The smallest absolute Gasteiger partial charge is 0.288 e. The number of rotatable bonds is 5. The predicted molar refractivity (Wildman–Crippen MR) is 69.7 cm³/mol. The number of nitro groups is 1. The van der Waals surface area contributed by atoms with E-state index in [9.17, 15) is 10.1 Å². The maximum atomic E-state index is 10.8. The van der Waals surface area contributed by atoms with E-state index in [1.165, 1.54) is 17.4 Å². The number of fused-ring (bicyclic) bond motifs is 1. The molecule has 0 radical (unpaired) electrons. The first-order chi connectivity index (χ1) is 8.22. The van der Waals surface area contributed by atoms with Crippen molar-refractivity contribution in [3.05, 3.63) is 28.3 Å². The molecule has 0 unspecified atom stereocenters. The van der Waals surface area contributed by atoms with Crippen LogP contribution >= 0.6 is 11.3 Å². The molecule has 1 aromatic heterocycles. The summed E-state index contributed by atoms with van der Waals surface area (Å²) in [6.45, 7) is 2.97. The fraction of sp³-hybridized carbons (Fsp3) is 0.364. The van der Waals surface area contributed by atoms with Gasteiger partial charge in [-0.2, -0.15) is 0 Å². The molecule has 1 heterocycles. The van der Waals surface area contributed by atoms with Gasteiger partial charge in [-0.3, -0.25) is 10.1 Å². The Bertz CT molecular complexity index is 538. The minimum atomic E-state index is -0.365. The molecule has 0 aliphatic rings. The fourth-order valence-corrected chi connectivity index (χ4v) is 2.50. The van der Waals surface area contributed by atoms with Crippen molar-refractivity contribution >= 4 is 32.4 Å². The van der Waals surface area contributed by atoms with Gasteiger partial charge in [0.25, 0.3) is 5.69 Å². The molecule has 2 rings (SSSR count). The molecule has 0 aliphatic carbocycles. The summed E-state index contributed by atoms with van der Waals surface area (Å²) >= 11 is 1.34. The lowest BCUT2D eigenvalue weighted by Gasteiger charge is -1.98. The molecular formula is C11H13N3O2S. The maximum absolute atomic E-state index is 10.8. The molecule has 90 valence electrons. The SMILES string of the molecule is CCCCNc1nc2cccc([N+](=O)[O-])c2s1. The summed E-state index contributed by atoms with van der Waals surface area (Å²) in [4.78, 5) is 14.8. The van der Waals surface area contributed by atoms with Gasteiger partial charge in [-0.05, 0) is 12.5 Å². The highest BCUT2D eigenvalue weighted by Crippen LogP contribution is 2.33. The lowest BCUT2D eigenvalue weighted by atomic mass is 10.3. The van der Waals surface area contributed by atoms with Crippen LogP contribution in [0.5, 0.6) is 0 Å². The van der Waals surface area contributed by atoms with Crippen LogP contribution in [-0.2, 0) is 0 Å². The number of unbranched alkanes of at least 4 members (excludes halogenated alkanes) is 1. The second-order valence-electron chi connectivity index (χ2n) is 3.68. The van der Waals surface area contributed by atoms with Crippen molar-refractivity contribution in [1.82, 2.24) is 4.98 Å². The van der Waals surface area contributed by atoms with E-state index in [0.29, 0.717) is 10.2 Å². The van der Waals surface area contributed by atoms with Gasteiger partial charge in [0.1, 0.15) is 4.70 Å². The Morgan fingerprint density at radius 3 is 3.06 bits per heavy atom. The summed E-state index contributed by atoms with van der Waals surface area (Å²) < 4.78 is 0.636. The molecule has 0 aliphatic heterocycles. The fourth-order valence-electron chi connectivity index (χ4n) is 1.53. The van der Waals surface area contributed by atoms with Gasteiger partial charge >= 0.3 is 0 Å². The van der Waals surface area contributed by atoms with E-state index < -0.39 is 0 Å². The molecular weight excluding hydrogens is 238 g/mol. The summed E-state index contributed by atoms with van der Waals surface area (Å²) in [5.74, 6) is 0. The Morgan fingerprint density at radius 2 is 2.35 bits per heavy atom. The largest absolute Gasteiger partial charge is 0.361 e. The zero-order chi connectivity index (χ0) is 12.3. The lowest BCUT2D eigenvalue weighted by molar-refractivity contribution is -0.382. The maximum Gasteiger partial charge on any atom is 0.288 e. The Labute approximate surface area is 103 Å². The highest BCUT2D eigenvalue weighted by atomic mass is 32.1. The van der Waals surface area contributed by atoms with Gasteiger partial charge in [0, 0.05) is 12.6 Å². The Hall–Kier alpha value is -1.69. The molecule has 0 amide bonds. The van der Waals surface area contributed by atoms with Crippen LogP contribution in [0.3, 0.4) is 0 Å². The van der Waals surface area contributed by atoms with Crippen molar-refractivity contribution in [1.29, 1.82) is 0 Å². The van der Waals surface area contributed by atoms with Gasteiger partial charge in [-0.1, -0.05) is 30.7 Å². The summed E-state index contributed by atoms with van der Waals surface area (Å²) in [5, 5.41) is 14.8. The van der Waals surface area contributed by atoms with E-state index in [-0.39, 0.29) is 10.6 Å². The summed E-state index contributed by atoms with van der Waals surface area (Å²) in [6, 6.07) is 4.97. The Kier molecular flexibility index (Phi) is 3.53. The van der Waals surface area contributed by atoms with E-state index in [0.717, 1.165) is 24.5 Å². The number of aromatic nitrogens is 1. The van der Waals surface area contributed by atoms with Crippen LogP contribution in [0.1, 0.15) is 19.8 Å². The molecule has 0 fully saturated rings. The number of nitro benzene ring substituents is 1. The zero-order valence-electron chi connectivity index (χ0n) is 9.47. The molecule has 5 nitrogen and oxygen atoms in total. The Morgan fingerprint density at radius 1 is 1.53 bits per heavy atom. The van der Waals surface area contributed by atoms with Crippen LogP contribution in [0.4, 0.5) is 10.8 Å². The average Bonchev–Trinajstić information content (AvgIpc) is 2.71. The second kappa shape index (κ2) is 5.09. The third-order valence-corrected chi connectivity index (χ3v) is 3.45. The molecule has 0 atom stereocenters. The third kappa shape index (κ3) is 2.52. The third-order valence-electron chi connectivity index (χ3n) is 2.40. The van der Waals surface area contributed by atoms with Gasteiger partial charge in [-0.25, -0.2) is 4.98 Å². The molecule has 1 aromatic carbocycles. The van der Waals surface area contributed by atoms with E-state index in [1.54, 1.807) is 12.1 Å². The minimum absolute atomic E-state index is 0.128. The molecule has 1 N–H and O–H groups in total. The quantitative estimate of drug-likeness (QED) is 0.502. The van der Waals surface area contributed by atoms with Crippen molar-refractivity contribution < 1.29 is 4.92 Å². The zero-order valence-corrected chi connectivity index (χ0v) is 10.3. The van der Waals surface area contributed by atoms with Crippen LogP contribution in [0.25, 0.3) is 10.2 Å². The molecule has 2 aromatic rings. The first-order valence-electron chi connectivity index (χ1n) is 5.50. The van der Waals surface area contributed by atoms with Gasteiger partial charge in [0.15, 0.2) is 5.13 Å². The van der Waals surface area contributed by atoms with Crippen LogP contribution in [0, 0.1) is 10.1 Å². The molecule has 0 spiro atoms. The molecule has 6 heteroatoms. The highest BCUT2D eigenvalue weighted by molar-refractivity contribution is 7.22. The number of anilines is 1. The van der Waals surface area contributed by atoms with Gasteiger partial charge in [0.05, 0.1) is 10.4 Å². The standard InChI is InChI=1S/C11H13N3O2S/c1-2-3-7-12-11-13-8-5-4-6-9(14(15)16)10(8)17-11/h4-6H,2-3,7H2,1H3,(H,12,13). The van der Waals surface area contributed by atoms with E-state index >= 15 is 0 Å². The van der Waals surface area contributed by atoms with Gasteiger partial charge in [0.2, 0.25) is 0 Å². The van der Waals surface area contributed by atoms with E-state index in [2.05, 4.69) is 17.2 Å². The number of nitrogens with one attached hydrogen (secondary N) is 1. The summed E-state index contributed by atoms with van der Waals surface area (Å²) in [5.41, 5.74) is 0.812. The molecule has 0 saturated heterocycles. The van der Waals surface area contributed by atoms with E-state index in [4.69, 9.17) is 0 Å². The number of hydrogen-bond acceptors (Lipinski definition) is 5. The van der Waals surface area contributed by atoms with Crippen LogP contribution in [-0.4, -0.2) is 16.5 Å². The first-order valence-corrected chi connectivity index (χ1v) is 6.32. The van der Waals surface area contributed by atoms with Crippen LogP contribution in [0.15, 0.2) is 18.2 Å². The van der Waals surface area contributed by atoms with Crippen molar-refractivity contribution in [3.63, 3.8) is 0 Å². The number of thiazole rings is 1. The molecule has 17 heavy (non-hydrogen) atoms. The normalized spacial score (nSPS) is 10.6. The van der Waals surface area contributed by atoms with Crippen molar-refractivity contribution in [2.24, 2.45) is 0 Å². The molecule has 0 saturated carbocycles. The highest BCUT2D eigenvalue weighted by Gasteiger charge is 2.15. The van der Waals surface area contributed by atoms with Crippen molar-refractivity contribution in [2.75, 3.05) is 11.9 Å². The Balaban J connectivity index is 2.30. The summed E-state index contributed by atoms with van der Waals surface area (Å²) in [7, 11) is 0. The number of benzene rings is 1. The van der Waals surface area contributed by atoms with Crippen molar-refractivity contribution in [2.45, 2.75) is 19.8 Å². The van der Waals surface area contributed by atoms with Gasteiger partial charge in [-0.15, -0.1) is 0 Å². The van der Waals surface area contributed by atoms with Crippen molar-refractivity contribution in [3.8, 4) is 0 Å². The molecule has 0 bridgehead atoms. The van der Waals surface area contributed by atoms with Crippen LogP contribution < -0.4 is 5.32 Å². The van der Waals surface area contributed by atoms with Crippen LogP contribution in [0.2, 0.25) is 0 Å². The van der Waals surface area contributed by atoms with E-state index in [1.807, 2.05) is 0 Å². The average molecular weight is 251 g/mol. The predicted octanol–water partition coefficient (Wildman–Crippen LogP) is 3.42. The second-order valence-corrected chi connectivity index (χ2v) is 4.68.